The van der Waals surface area contributed by atoms with E-state index in [1.54, 1.807) is 0 Å². The summed E-state index contributed by atoms with van der Waals surface area (Å²) in [7, 11) is -0.845. The molecule has 0 saturated heterocycles. The van der Waals surface area contributed by atoms with E-state index in [2.05, 4.69) is 10.0 Å². The lowest BCUT2D eigenvalue weighted by atomic mass is 10.0. The fraction of sp³-hybridized carbons (Fsp3) is 0.381. The molecule has 1 saturated carbocycles. The molecule has 0 aromatic heterocycles. The van der Waals surface area contributed by atoms with E-state index in [9.17, 15) is 13.2 Å². The van der Waals surface area contributed by atoms with Gasteiger partial charge in [-0.1, -0.05) is 30.3 Å². The SMILES string of the molecule is COc1ccc(S(=O)(=O)NCCC(=O)NC(c2ccccc2)C2CC2)cc1OC. The van der Waals surface area contributed by atoms with Crippen LogP contribution in [0.5, 0.6) is 11.5 Å². The highest BCUT2D eigenvalue weighted by molar-refractivity contribution is 7.89. The van der Waals surface area contributed by atoms with Crippen LogP contribution in [0, 0.1) is 5.92 Å². The van der Waals surface area contributed by atoms with Gasteiger partial charge in [0.15, 0.2) is 11.5 Å². The van der Waals surface area contributed by atoms with Gasteiger partial charge in [-0.3, -0.25) is 4.79 Å². The van der Waals surface area contributed by atoms with Crippen LogP contribution in [-0.2, 0) is 14.8 Å². The number of rotatable bonds is 10. The maximum absolute atomic E-state index is 12.5. The average Bonchev–Trinajstić information content (AvgIpc) is 3.57. The summed E-state index contributed by atoms with van der Waals surface area (Å²) in [6.45, 7) is 0.00862. The summed E-state index contributed by atoms with van der Waals surface area (Å²) in [6.07, 6.45) is 2.24. The molecule has 1 aliphatic carbocycles. The molecule has 0 radical (unpaired) electrons. The van der Waals surface area contributed by atoms with Gasteiger partial charge < -0.3 is 14.8 Å². The van der Waals surface area contributed by atoms with Crippen LogP contribution in [-0.4, -0.2) is 35.1 Å². The first-order chi connectivity index (χ1) is 13.9. The molecule has 0 aliphatic heterocycles. The number of hydrogen-bond donors (Lipinski definition) is 2. The minimum Gasteiger partial charge on any atom is -0.493 e. The van der Waals surface area contributed by atoms with Crippen molar-refractivity contribution in [1.29, 1.82) is 0 Å². The smallest absolute Gasteiger partial charge is 0.240 e. The predicted molar refractivity (Wildman–Crippen MR) is 109 cm³/mol. The van der Waals surface area contributed by atoms with Crippen LogP contribution in [0.2, 0.25) is 0 Å². The van der Waals surface area contributed by atoms with Gasteiger partial charge in [-0.2, -0.15) is 0 Å². The van der Waals surface area contributed by atoms with E-state index in [4.69, 9.17) is 9.47 Å². The summed E-state index contributed by atoms with van der Waals surface area (Å²) < 4.78 is 37.7. The summed E-state index contributed by atoms with van der Waals surface area (Å²) in [5.41, 5.74) is 1.08. The fourth-order valence-corrected chi connectivity index (χ4v) is 4.22. The average molecular weight is 419 g/mol. The fourth-order valence-electron chi connectivity index (χ4n) is 3.17. The van der Waals surface area contributed by atoms with E-state index < -0.39 is 10.0 Å². The van der Waals surface area contributed by atoms with Gasteiger partial charge in [0, 0.05) is 19.0 Å². The second kappa shape index (κ2) is 9.28. The standard InChI is InChI=1S/C21H26N2O5S/c1-27-18-11-10-17(14-19(18)28-2)29(25,26)22-13-12-20(24)23-21(16-8-9-16)15-6-4-3-5-7-15/h3-7,10-11,14,16,21-22H,8-9,12-13H2,1-2H3,(H,23,24). The highest BCUT2D eigenvalue weighted by Gasteiger charge is 2.33. The molecule has 0 spiro atoms. The third-order valence-electron chi connectivity index (χ3n) is 4.88. The molecule has 1 unspecified atom stereocenters. The lowest BCUT2D eigenvalue weighted by Crippen LogP contribution is -2.33. The maximum Gasteiger partial charge on any atom is 0.240 e. The minimum atomic E-state index is -3.76. The van der Waals surface area contributed by atoms with E-state index in [0.717, 1.165) is 18.4 Å². The summed E-state index contributed by atoms with van der Waals surface area (Å²) in [6, 6.07) is 14.2. The number of carbonyl (C=O) groups is 1. The van der Waals surface area contributed by atoms with Crippen molar-refractivity contribution in [3.63, 3.8) is 0 Å². The zero-order chi connectivity index (χ0) is 20.9. The number of carbonyl (C=O) groups excluding carboxylic acids is 1. The molecule has 1 atom stereocenters. The van der Waals surface area contributed by atoms with Crippen molar-refractivity contribution in [2.45, 2.75) is 30.2 Å². The van der Waals surface area contributed by atoms with E-state index in [0.29, 0.717) is 17.4 Å². The summed E-state index contributed by atoms with van der Waals surface area (Å²) in [4.78, 5) is 12.4. The Labute approximate surface area is 171 Å². The molecule has 2 aromatic rings. The highest BCUT2D eigenvalue weighted by Crippen LogP contribution is 2.40. The van der Waals surface area contributed by atoms with Crippen molar-refractivity contribution in [3.8, 4) is 11.5 Å². The van der Waals surface area contributed by atoms with E-state index in [-0.39, 0.29) is 29.8 Å². The van der Waals surface area contributed by atoms with Gasteiger partial charge in [0.2, 0.25) is 15.9 Å². The predicted octanol–water partition coefficient (Wildman–Crippen LogP) is 2.64. The Balaban J connectivity index is 1.56. The Morgan fingerprint density at radius 2 is 1.76 bits per heavy atom. The first kappa shape index (κ1) is 21.1. The molecule has 0 heterocycles. The topological polar surface area (TPSA) is 93.7 Å². The molecule has 8 heteroatoms. The van der Waals surface area contributed by atoms with Crippen molar-refractivity contribution in [1.82, 2.24) is 10.0 Å². The molecule has 156 valence electrons. The van der Waals surface area contributed by atoms with Gasteiger partial charge >= 0.3 is 0 Å². The molecule has 1 aliphatic rings. The van der Waals surface area contributed by atoms with Crippen molar-refractivity contribution < 1.29 is 22.7 Å². The third-order valence-corrected chi connectivity index (χ3v) is 6.34. The maximum atomic E-state index is 12.5. The normalized spacial score (nSPS) is 14.8. The Morgan fingerprint density at radius 3 is 2.38 bits per heavy atom. The first-order valence-corrected chi connectivity index (χ1v) is 11.0. The van der Waals surface area contributed by atoms with Gasteiger partial charge in [-0.15, -0.1) is 0 Å². The molecule has 1 amide bonds. The third kappa shape index (κ3) is 5.48. The molecule has 2 N–H and O–H groups in total. The van der Waals surface area contributed by atoms with Gasteiger partial charge in [0.25, 0.3) is 0 Å². The summed E-state index contributed by atoms with van der Waals surface area (Å²) in [5, 5.41) is 3.04. The Hall–Kier alpha value is -2.58. The number of sulfonamides is 1. The van der Waals surface area contributed by atoms with Crippen LogP contribution in [0.15, 0.2) is 53.4 Å². The number of ether oxygens (including phenoxy) is 2. The van der Waals surface area contributed by atoms with E-state index in [1.807, 2.05) is 30.3 Å². The second-order valence-electron chi connectivity index (χ2n) is 6.96. The van der Waals surface area contributed by atoms with Crippen LogP contribution in [0.3, 0.4) is 0 Å². The van der Waals surface area contributed by atoms with E-state index in [1.165, 1.54) is 32.4 Å². The Morgan fingerprint density at radius 1 is 1.07 bits per heavy atom. The van der Waals surface area contributed by atoms with Gasteiger partial charge in [0.05, 0.1) is 25.2 Å². The first-order valence-electron chi connectivity index (χ1n) is 9.50. The van der Waals surface area contributed by atoms with Crippen LogP contribution in [0.1, 0.15) is 30.9 Å². The lowest BCUT2D eigenvalue weighted by molar-refractivity contribution is -0.121. The van der Waals surface area contributed by atoms with Gasteiger partial charge in [-0.25, -0.2) is 13.1 Å². The van der Waals surface area contributed by atoms with Crippen molar-refractivity contribution in [2.24, 2.45) is 5.92 Å². The van der Waals surface area contributed by atoms with E-state index >= 15 is 0 Å². The quantitative estimate of drug-likeness (QED) is 0.619. The van der Waals surface area contributed by atoms with Gasteiger partial charge in [-0.05, 0) is 36.5 Å². The van der Waals surface area contributed by atoms with Crippen molar-refractivity contribution in [3.05, 3.63) is 54.1 Å². The molecular formula is C21H26N2O5S. The monoisotopic (exact) mass is 418 g/mol. The number of benzene rings is 2. The Kier molecular flexibility index (Phi) is 6.76. The van der Waals surface area contributed by atoms with Crippen LogP contribution in [0.4, 0.5) is 0 Å². The molecule has 1 fully saturated rings. The molecule has 3 rings (SSSR count). The number of hydrogen-bond acceptors (Lipinski definition) is 5. The van der Waals surface area contributed by atoms with Crippen molar-refractivity contribution in [2.75, 3.05) is 20.8 Å². The zero-order valence-electron chi connectivity index (χ0n) is 16.6. The molecule has 2 aromatic carbocycles. The minimum absolute atomic E-state index is 0.00862. The van der Waals surface area contributed by atoms with Gasteiger partial charge in [0.1, 0.15) is 0 Å². The molecule has 29 heavy (non-hydrogen) atoms. The Bertz CT molecular complexity index is 943. The molecule has 7 nitrogen and oxygen atoms in total. The largest absolute Gasteiger partial charge is 0.493 e. The lowest BCUT2D eigenvalue weighted by Gasteiger charge is -2.19. The zero-order valence-corrected chi connectivity index (χ0v) is 17.4. The second-order valence-corrected chi connectivity index (χ2v) is 8.72. The summed E-state index contributed by atoms with van der Waals surface area (Å²) >= 11 is 0. The number of methoxy groups -OCH3 is 2. The van der Waals surface area contributed by atoms with Crippen LogP contribution in [0.25, 0.3) is 0 Å². The number of nitrogens with one attached hydrogen (secondary N) is 2. The van der Waals surface area contributed by atoms with Crippen LogP contribution >= 0.6 is 0 Å². The highest BCUT2D eigenvalue weighted by atomic mass is 32.2. The molecular weight excluding hydrogens is 392 g/mol. The number of amides is 1. The van der Waals surface area contributed by atoms with Crippen LogP contribution < -0.4 is 19.5 Å². The molecule has 0 bridgehead atoms. The summed E-state index contributed by atoms with van der Waals surface area (Å²) in [5.74, 6) is 1.03. The van der Waals surface area contributed by atoms with Crippen molar-refractivity contribution >= 4 is 15.9 Å².